The van der Waals surface area contributed by atoms with Crippen molar-refractivity contribution >= 4 is 11.8 Å². The summed E-state index contributed by atoms with van der Waals surface area (Å²) >= 11 is 1.56. The average Bonchev–Trinajstić information content (AvgIpc) is 3.42. The van der Waals surface area contributed by atoms with Gasteiger partial charge in [-0.15, -0.1) is 20.4 Å². The highest BCUT2D eigenvalue weighted by Gasteiger charge is 2.29. The summed E-state index contributed by atoms with van der Waals surface area (Å²) in [6.45, 7) is 0.754. The molecule has 1 aliphatic carbocycles. The highest BCUT2D eigenvalue weighted by molar-refractivity contribution is 7.98. The van der Waals surface area contributed by atoms with Crippen molar-refractivity contribution in [3.63, 3.8) is 0 Å². The molecule has 0 amide bonds. The molecule has 2 heterocycles. The van der Waals surface area contributed by atoms with E-state index in [9.17, 15) is 0 Å². The fourth-order valence-corrected chi connectivity index (χ4v) is 4.26. The van der Waals surface area contributed by atoms with Crippen LogP contribution >= 0.6 is 11.8 Å². The molecule has 0 saturated heterocycles. The third kappa shape index (κ3) is 4.49. The Balaban J connectivity index is 1.41. The highest BCUT2D eigenvalue weighted by atomic mass is 32.2. The number of nitrogens with zero attached hydrogens (tertiary/aromatic N) is 5. The van der Waals surface area contributed by atoms with E-state index in [2.05, 4.69) is 49.2 Å². The largest absolute Gasteiger partial charge is 0.496 e. The molecular formula is C23H23N5O2S. The second-order valence-electron chi connectivity index (χ2n) is 7.49. The summed E-state index contributed by atoms with van der Waals surface area (Å²) in [4.78, 5) is 0. The summed E-state index contributed by atoms with van der Waals surface area (Å²) in [5.74, 6) is 3.98. The van der Waals surface area contributed by atoms with Crippen LogP contribution < -0.4 is 4.74 Å². The van der Waals surface area contributed by atoms with E-state index in [4.69, 9.17) is 9.15 Å². The van der Waals surface area contributed by atoms with Crippen LogP contribution in [0.25, 0.3) is 11.4 Å². The molecule has 7 nitrogen and oxygen atoms in total. The van der Waals surface area contributed by atoms with Crippen molar-refractivity contribution in [2.75, 3.05) is 7.11 Å². The van der Waals surface area contributed by atoms with Crippen molar-refractivity contribution in [2.24, 2.45) is 0 Å². The number of thioether (sulfide) groups is 1. The molecule has 0 N–H and O–H groups in total. The number of rotatable bonds is 9. The van der Waals surface area contributed by atoms with E-state index >= 15 is 0 Å². The maximum atomic E-state index is 5.81. The predicted molar refractivity (Wildman–Crippen MR) is 118 cm³/mol. The lowest BCUT2D eigenvalue weighted by atomic mass is 10.1. The van der Waals surface area contributed by atoms with Crippen LogP contribution in [0, 0.1) is 0 Å². The molecule has 158 valence electrons. The van der Waals surface area contributed by atoms with Gasteiger partial charge in [-0.25, -0.2) is 0 Å². The first kappa shape index (κ1) is 19.8. The van der Waals surface area contributed by atoms with Crippen molar-refractivity contribution in [1.82, 2.24) is 25.0 Å². The lowest BCUT2D eigenvalue weighted by Crippen LogP contribution is -2.06. The monoisotopic (exact) mass is 433 g/mol. The Labute approximate surface area is 184 Å². The van der Waals surface area contributed by atoms with Gasteiger partial charge in [0.05, 0.1) is 18.4 Å². The van der Waals surface area contributed by atoms with E-state index in [0.29, 0.717) is 17.6 Å². The van der Waals surface area contributed by atoms with Crippen molar-refractivity contribution in [2.45, 2.75) is 42.6 Å². The van der Waals surface area contributed by atoms with Gasteiger partial charge in [0.15, 0.2) is 11.0 Å². The summed E-state index contributed by atoms with van der Waals surface area (Å²) in [6.07, 6.45) is 3.16. The number of ether oxygens (including phenoxy) is 1. The molecule has 8 heteroatoms. The van der Waals surface area contributed by atoms with Crippen molar-refractivity contribution in [3.8, 4) is 17.1 Å². The number of hydrogen-bond acceptors (Lipinski definition) is 7. The molecule has 1 aliphatic rings. The Morgan fingerprint density at radius 2 is 1.81 bits per heavy atom. The Kier molecular flexibility index (Phi) is 5.71. The van der Waals surface area contributed by atoms with Gasteiger partial charge in [-0.3, -0.25) is 0 Å². The fraction of sp³-hybridized carbons (Fsp3) is 0.304. The van der Waals surface area contributed by atoms with Crippen LogP contribution in [-0.2, 0) is 18.7 Å². The molecule has 5 rings (SSSR count). The van der Waals surface area contributed by atoms with Gasteiger partial charge in [-0.2, -0.15) is 0 Å². The molecular weight excluding hydrogens is 410 g/mol. The normalized spacial score (nSPS) is 13.5. The van der Waals surface area contributed by atoms with Crippen molar-refractivity contribution in [3.05, 3.63) is 71.9 Å². The van der Waals surface area contributed by atoms with Crippen LogP contribution in [-0.4, -0.2) is 32.1 Å². The number of aryl methyl sites for hydroxylation is 1. The quantitative estimate of drug-likeness (QED) is 0.352. The minimum absolute atomic E-state index is 0.456. The average molecular weight is 434 g/mol. The summed E-state index contributed by atoms with van der Waals surface area (Å²) < 4.78 is 13.5. The number of hydrogen-bond donors (Lipinski definition) is 0. The standard InChI is InChI=1S/C23H23N5O2S/c1-29-19-10-6-5-9-18(19)21-25-27-23(28(21)14-13-16-7-3-2-4-8-16)31-15-20-24-26-22(30-20)17-11-12-17/h2-10,17H,11-15H2,1H3. The molecule has 0 radical (unpaired) electrons. The van der Waals surface area contributed by atoms with Crippen molar-refractivity contribution in [1.29, 1.82) is 0 Å². The third-order valence-electron chi connectivity index (χ3n) is 5.27. The van der Waals surface area contributed by atoms with E-state index in [1.807, 2.05) is 30.3 Å². The molecule has 0 spiro atoms. The maximum Gasteiger partial charge on any atom is 0.226 e. The Hall–Kier alpha value is -3.13. The third-order valence-corrected chi connectivity index (χ3v) is 6.22. The van der Waals surface area contributed by atoms with Gasteiger partial charge in [0, 0.05) is 12.5 Å². The minimum Gasteiger partial charge on any atom is -0.496 e. The molecule has 0 unspecified atom stereocenters. The van der Waals surface area contributed by atoms with E-state index in [-0.39, 0.29) is 0 Å². The summed E-state index contributed by atoms with van der Waals surface area (Å²) in [7, 11) is 1.67. The summed E-state index contributed by atoms with van der Waals surface area (Å²) in [5.41, 5.74) is 2.19. The highest BCUT2D eigenvalue weighted by Crippen LogP contribution is 2.39. The molecule has 31 heavy (non-hydrogen) atoms. The van der Waals surface area contributed by atoms with Gasteiger partial charge >= 0.3 is 0 Å². The molecule has 1 saturated carbocycles. The fourth-order valence-electron chi connectivity index (χ4n) is 3.46. The van der Waals surface area contributed by atoms with Gasteiger partial charge in [0.1, 0.15) is 5.75 Å². The topological polar surface area (TPSA) is 78.9 Å². The number of para-hydroxylation sites is 1. The van der Waals surface area contributed by atoms with Gasteiger partial charge in [0.25, 0.3) is 0 Å². The van der Waals surface area contributed by atoms with E-state index in [1.165, 1.54) is 5.56 Å². The number of methoxy groups -OCH3 is 1. The smallest absolute Gasteiger partial charge is 0.226 e. The van der Waals surface area contributed by atoms with Crippen molar-refractivity contribution < 1.29 is 9.15 Å². The van der Waals surface area contributed by atoms with Gasteiger partial charge in [-0.05, 0) is 37.0 Å². The zero-order valence-electron chi connectivity index (χ0n) is 17.3. The SMILES string of the molecule is COc1ccccc1-c1nnc(SCc2nnc(C3CC3)o2)n1CCc1ccccc1. The molecule has 0 atom stereocenters. The molecule has 0 aliphatic heterocycles. The summed E-state index contributed by atoms with van der Waals surface area (Å²) in [6, 6.07) is 18.3. The minimum atomic E-state index is 0.456. The first-order valence-electron chi connectivity index (χ1n) is 10.4. The van der Waals surface area contributed by atoms with Gasteiger partial charge in [-0.1, -0.05) is 54.2 Å². The predicted octanol–water partition coefficient (Wildman–Crippen LogP) is 4.75. The molecule has 4 aromatic rings. The van der Waals surface area contributed by atoms with Crippen LogP contribution in [0.15, 0.2) is 64.2 Å². The molecule has 2 aromatic heterocycles. The molecule has 1 fully saturated rings. The first-order chi connectivity index (χ1) is 15.3. The Morgan fingerprint density at radius 3 is 2.61 bits per heavy atom. The number of benzene rings is 2. The van der Waals surface area contributed by atoms with Crippen LogP contribution in [0.2, 0.25) is 0 Å². The number of aromatic nitrogens is 5. The molecule has 0 bridgehead atoms. The zero-order chi connectivity index (χ0) is 21.0. The van der Waals surface area contributed by atoms with Gasteiger partial charge < -0.3 is 13.7 Å². The van der Waals surface area contributed by atoms with E-state index < -0.39 is 0 Å². The Bertz CT molecular complexity index is 1150. The zero-order valence-corrected chi connectivity index (χ0v) is 18.1. The lowest BCUT2D eigenvalue weighted by Gasteiger charge is -2.12. The molecule has 2 aromatic carbocycles. The lowest BCUT2D eigenvalue weighted by molar-refractivity contribution is 0.415. The van der Waals surface area contributed by atoms with Gasteiger partial charge in [0.2, 0.25) is 11.8 Å². The van der Waals surface area contributed by atoms with Crippen LogP contribution in [0.4, 0.5) is 0 Å². The second kappa shape index (κ2) is 8.93. The second-order valence-corrected chi connectivity index (χ2v) is 8.43. The summed E-state index contributed by atoms with van der Waals surface area (Å²) in [5, 5.41) is 18.2. The van der Waals surface area contributed by atoms with Crippen LogP contribution in [0.3, 0.4) is 0 Å². The van der Waals surface area contributed by atoms with E-state index in [0.717, 1.165) is 54.0 Å². The first-order valence-corrected chi connectivity index (χ1v) is 11.4. The van der Waals surface area contributed by atoms with E-state index in [1.54, 1.807) is 18.9 Å². The maximum absolute atomic E-state index is 5.81. The van der Waals surface area contributed by atoms with Crippen LogP contribution in [0.5, 0.6) is 5.75 Å². The van der Waals surface area contributed by atoms with Crippen LogP contribution in [0.1, 0.15) is 36.1 Å². The Morgan fingerprint density at radius 1 is 1.00 bits per heavy atom.